The van der Waals surface area contributed by atoms with Crippen molar-refractivity contribution >= 4 is 70.6 Å². The van der Waals surface area contributed by atoms with E-state index in [4.69, 9.17) is 23.2 Å². The Labute approximate surface area is 316 Å². The summed E-state index contributed by atoms with van der Waals surface area (Å²) in [5, 5.41) is 12.5. The molecule has 0 aliphatic heterocycles. The van der Waals surface area contributed by atoms with Crippen molar-refractivity contribution in [3.63, 3.8) is 0 Å². The standard InChI is InChI=1S/2C21H23ClN2O2/c2*22-18-7-11-20(12-8-18)24-21(26)13-15-1-3-16(4-2-15)17-5-9-19(10-6-17)23-14-25/h2*5-12,14-16H,1-4,13H2,(H,23,25)(H,24,26). The minimum absolute atomic E-state index is 0.0695. The number of benzene rings is 4. The number of hydrogen-bond acceptors (Lipinski definition) is 4. The molecule has 0 radical (unpaired) electrons. The molecule has 4 amide bonds. The van der Waals surface area contributed by atoms with Gasteiger partial charge < -0.3 is 21.3 Å². The minimum Gasteiger partial charge on any atom is -0.329 e. The van der Waals surface area contributed by atoms with E-state index in [1.54, 1.807) is 24.3 Å². The lowest BCUT2D eigenvalue weighted by Crippen LogP contribution is -2.20. The Morgan fingerprint density at radius 3 is 1.10 bits per heavy atom. The van der Waals surface area contributed by atoms with Crippen molar-refractivity contribution in [3.05, 3.63) is 118 Å². The average molecular weight is 742 g/mol. The largest absolute Gasteiger partial charge is 0.329 e. The highest BCUT2D eigenvalue weighted by Gasteiger charge is 2.25. The van der Waals surface area contributed by atoms with Gasteiger partial charge in [-0.2, -0.15) is 0 Å². The van der Waals surface area contributed by atoms with Crippen molar-refractivity contribution in [2.24, 2.45) is 11.8 Å². The zero-order valence-corrected chi connectivity index (χ0v) is 30.7. The summed E-state index contributed by atoms with van der Waals surface area (Å²) in [6, 6.07) is 30.5. The summed E-state index contributed by atoms with van der Waals surface area (Å²) in [5.41, 5.74) is 5.83. The number of anilines is 4. The maximum atomic E-state index is 12.2. The molecular weight excluding hydrogens is 695 g/mol. The van der Waals surface area contributed by atoms with Crippen LogP contribution in [0.15, 0.2) is 97.1 Å². The second-order valence-corrected chi connectivity index (χ2v) is 14.6. The third-order valence-corrected chi connectivity index (χ3v) is 10.6. The van der Waals surface area contributed by atoms with Crippen LogP contribution in [-0.2, 0) is 19.2 Å². The van der Waals surface area contributed by atoms with Gasteiger partial charge in [-0.15, -0.1) is 0 Å². The number of rotatable bonds is 12. The predicted molar refractivity (Wildman–Crippen MR) is 211 cm³/mol. The van der Waals surface area contributed by atoms with Gasteiger partial charge in [0, 0.05) is 45.6 Å². The van der Waals surface area contributed by atoms with Gasteiger partial charge in [0.2, 0.25) is 24.6 Å². The third-order valence-electron chi connectivity index (χ3n) is 10.1. The van der Waals surface area contributed by atoms with E-state index in [0.717, 1.165) is 74.1 Å². The first-order valence-corrected chi connectivity index (χ1v) is 18.7. The molecule has 0 heterocycles. The molecule has 0 atom stereocenters. The first-order valence-electron chi connectivity index (χ1n) is 18.0. The number of amides is 4. The molecular formula is C42H46Cl2N4O4. The molecule has 0 bridgehead atoms. The molecule has 8 nitrogen and oxygen atoms in total. The van der Waals surface area contributed by atoms with Gasteiger partial charge in [0.1, 0.15) is 0 Å². The van der Waals surface area contributed by atoms with Gasteiger partial charge in [-0.05, 0) is 159 Å². The van der Waals surface area contributed by atoms with E-state index in [9.17, 15) is 19.2 Å². The normalized spacial score (nSPS) is 19.6. The lowest BCUT2D eigenvalue weighted by Gasteiger charge is -2.28. The van der Waals surface area contributed by atoms with E-state index in [1.165, 1.54) is 11.1 Å². The fourth-order valence-corrected chi connectivity index (χ4v) is 7.51. The highest BCUT2D eigenvalue weighted by atomic mass is 35.5. The van der Waals surface area contributed by atoms with Crippen LogP contribution in [0.2, 0.25) is 10.0 Å². The van der Waals surface area contributed by atoms with E-state index >= 15 is 0 Å². The molecule has 52 heavy (non-hydrogen) atoms. The smallest absolute Gasteiger partial charge is 0.224 e. The summed E-state index contributed by atoms with van der Waals surface area (Å²) in [5.74, 6) is 2.09. The Hall–Kier alpha value is -4.66. The first kappa shape index (κ1) is 38.6. The highest BCUT2D eigenvalue weighted by molar-refractivity contribution is 6.31. The first-order chi connectivity index (χ1) is 25.3. The third kappa shape index (κ3) is 12.2. The zero-order chi connectivity index (χ0) is 36.7. The number of carbonyl (C=O) groups is 4. The van der Waals surface area contributed by atoms with Gasteiger partial charge in [-0.25, -0.2) is 0 Å². The van der Waals surface area contributed by atoms with Crippen molar-refractivity contribution in [1.82, 2.24) is 0 Å². The monoisotopic (exact) mass is 740 g/mol. The van der Waals surface area contributed by atoms with E-state index in [-0.39, 0.29) is 11.8 Å². The van der Waals surface area contributed by atoms with Crippen molar-refractivity contribution in [1.29, 1.82) is 0 Å². The number of halogens is 2. The summed E-state index contributed by atoms with van der Waals surface area (Å²) in [6.45, 7) is 0. The molecule has 0 spiro atoms. The van der Waals surface area contributed by atoms with Gasteiger partial charge in [0.25, 0.3) is 0 Å². The van der Waals surface area contributed by atoms with Crippen molar-refractivity contribution in [2.75, 3.05) is 21.3 Å². The molecule has 2 saturated carbocycles. The Kier molecular flexibility index (Phi) is 14.7. The fourth-order valence-electron chi connectivity index (χ4n) is 7.25. The van der Waals surface area contributed by atoms with Crippen molar-refractivity contribution in [3.8, 4) is 0 Å². The van der Waals surface area contributed by atoms with Gasteiger partial charge in [-0.1, -0.05) is 47.5 Å². The molecule has 272 valence electrons. The Bertz CT molecular complexity index is 1600. The quantitative estimate of drug-likeness (QED) is 0.108. The minimum atomic E-state index is 0.0695. The molecule has 4 N–H and O–H groups in total. The molecule has 2 fully saturated rings. The lowest BCUT2D eigenvalue weighted by molar-refractivity contribution is -0.118. The lowest BCUT2D eigenvalue weighted by atomic mass is 9.77. The number of nitrogens with one attached hydrogen (secondary N) is 4. The van der Waals surface area contributed by atoms with Gasteiger partial charge in [0.05, 0.1) is 0 Å². The molecule has 2 aliphatic rings. The van der Waals surface area contributed by atoms with Crippen LogP contribution in [0, 0.1) is 11.8 Å². The number of hydrogen-bond donors (Lipinski definition) is 4. The summed E-state index contributed by atoms with van der Waals surface area (Å²) < 4.78 is 0. The van der Waals surface area contributed by atoms with Crippen LogP contribution in [0.5, 0.6) is 0 Å². The second-order valence-electron chi connectivity index (χ2n) is 13.7. The molecule has 0 unspecified atom stereocenters. The van der Waals surface area contributed by atoms with E-state index in [2.05, 4.69) is 45.5 Å². The summed E-state index contributed by atoms with van der Waals surface area (Å²) >= 11 is 11.7. The van der Waals surface area contributed by atoms with E-state index in [0.29, 0.717) is 59.4 Å². The van der Waals surface area contributed by atoms with Gasteiger partial charge >= 0.3 is 0 Å². The van der Waals surface area contributed by atoms with Crippen molar-refractivity contribution < 1.29 is 19.2 Å². The average Bonchev–Trinajstić information content (AvgIpc) is 3.15. The Morgan fingerprint density at radius 1 is 0.481 bits per heavy atom. The van der Waals surface area contributed by atoms with Crippen LogP contribution in [0.3, 0.4) is 0 Å². The van der Waals surface area contributed by atoms with Crippen LogP contribution >= 0.6 is 23.2 Å². The molecule has 4 aromatic carbocycles. The number of carbonyl (C=O) groups excluding carboxylic acids is 4. The van der Waals surface area contributed by atoms with E-state index in [1.807, 2.05) is 48.5 Å². The van der Waals surface area contributed by atoms with Crippen molar-refractivity contribution in [2.45, 2.75) is 76.0 Å². The van der Waals surface area contributed by atoms with Crippen LogP contribution in [0.25, 0.3) is 0 Å². The second kappa shape index (κ2) is 19.8. The highest BCUT2D eigenvalue weighted by Crippen LogP contribution is 2.38. The van der Waals surface area contributed by atoms with Crippen LogP contribution in [0.1, 0.15) is 87.2 Å². The van der Waals surface area contributed by atoms with Crippen LogP contribution in [-0.4, -0.2) is 24.6 Å². The molecule has 4 aromatic rings. The maximum absolute atomic E-state index is 12.2. The van der Waals surface area contributed by atoms with Gasteiger partial charge in [-0.3, -0.25) is 19.2 Å². The maximum Gasteiger partial charge on any atom is 0.224 e. The summed E-state index contributed by atoms with van der Waals surface area (Å²) in [4.78, 5) is 45.4. The predicted octanol–water partition coefficient (Wildman–Crippen LogP) is 10.4. The van der Waals surface area contributed by atoms with Gasteiger partial charge in [0.15, 0.2) is 0 Å². The van der Waals surface area contributed by atoms with Crippen LogP contribution in [0.4, 0.5) is 22.7 Å². The van der Waals surface area contributed by atoms with E-state index < -0.39 is 0 Å². The van der Waals surface area contributed by atoms with Crippen LogP contribution < -0.4 is 21.3 Å². The molecule has 2 aliphatic carbocycles. The molecule has 0 aromatic heterocycles. The molecule has 10 heteroatoms. The summed E-state index contributed by atoms with van der Waals surface area (Å²) in [7, 11) is 0. The topological polar surface area (TPSA) is 116 Å². The SMILES string of the molecule is O=CNc1ccc(C2CCC(CC(=O)Nc3ccc(Cl)cc3)CC2)cc1.O=CNc1ccc(C2CCC(CC(=O)Nc3ccc(Cl)cc3)CC2)cc1. The Morgan fingerprint density at radius 2 is 0.788 bits per heavy atom. The fraction of sp³-hybridized carbons (Fsp3) is 0.333. The zero-order valence-electron chi connectivity index (χ0n) is 29.2. The summed E-state index contributed by atoms with van der Waals surface area (Å²) in [6.07, 6.45) is 11.2. The molecule has 6 rings (SSSR count). The molecule has 0 saturated heterocycles. The Balaban J connectivity index is 0.000000201.